The summed E-state index contributed by atoms with van der Waals surface area (Å²) in [6, 6.07) is 4.61. The van der Waals surface area contributed by atoms with Crippen LogP contribution < -0.4 is 16.0 Å². The fraction of sp³-hybridized carbons (Fsp3) is 0.450. The molecule has 1 fully saturated rings. The standard InChI is InChI=1S/C20H26N4O5/c1-11(25)17(24-18(26)15-7-4-8-21-15)19(27)23-16(20(28)29)9-12-10-22-14-6-3-2-5-13(12)14/h2-3,5-6,10-11,15-17,21-22,25H,4,7-9H2,1H3,(H,23,27)(H,24,26)(H,28,29). The lowest BCUT2D eigenvalue weighted by Gasteiger charge is -2.24. The van der Waals surface area contributed by atoms with Crippen LogP contribution in [0, 0.1) is 0 Å². The normalized spacial score (nSPS) is 19.4. The number of aromatic amines is 1. The average molecular weight is 402 g/mol. The molecule has 9 heteroatoms. The maximum Gasteiger partial charge on any atom is 0.326 e. The summed E-state index contributed by atoms with van der Waals surface area (Å²) >= 11 is 0. The highest BCUT2D eigenvalue weighted by atomic mass is 16.4. The largest absolute Gasteiger partial charge is 0.480 e. The zero-order chi connectivity index (χ0) is 21.0. The number of carboxylic acids is 1. The van der Waals surface area contributed by atoms with Crippen LogP contribution >= 0.6 is 0 Å². The Balaban J connectivity index is 1.69. The van der Waals surface area contributed by atoms with Gasteiger partial charge in [0.25, 0.3) is 0 Å². The predicted molar refractivity (Wildman–Crippen MR) is 106 cm³/mol. The van der Waals surface area contributed by atoms with Crippen molar-refractivity contribution in [2.24, 2.45) is 0 Å². The Bertz CT molecular complexity index is 888. The van der Waals surface area contributed by atoms with Crippen LogP contribution in [0.3, 0.4) is 0 Å². The van der Waals surface area contributed by atoms with E-state index < -0.39 is 36.1 Å². The first-order valence-corrected chi connectivity index (χ1v) is 9.67. The van der Waals surface area contributed by atoms with Gasteiger partial charge in [0, 0.05) is 23.5 Å². The molecule has 9 nitrogen and oxygen atoms in total. The summed E-state index contributed by atoms with van der Waals surface area (Å²) in [7, 11) is 0. The maximum absolute atomic E-state index is 12.7. The summed E-state index contributed by atoms with van der Waals surface area (Å²) < 4.78 is 0. The van der Waals surface area contributed by atoms with E-state index in [0.29, 0.717) is 6.42 Å². The lowest BCUT2D eigenvalue weighted by atomic mass is 10.0. The van der Waals surface area contributed by atoms with Crippen LogP contribution in [-0.2, 0) is 20.8 Å². The average Bonchev–Trinajstić information content (AvgIpc) is 3.35. The molecule has 0 saturated carbocycles. The van der Waals surface area contributed by atoms with Crippen molar-refractivity contribution in [2.75, 3.05) is 6.54 Å². The zero-order valence-electron chi connectivity index (χ0n) is 16.1. The first kappa shape index (κ1) is 20.8. The molecule has 2 amide bonds. The van der Waals surface area contributed by atoms with E-state index in [9.17, 15) is 24.6 Å². The Morgan fingerprint density at radius 3 is 2.66 bits per heavy atom. The van der Waals surface area contributed by atoms with Gasteiger partial charge in [-0.25, -0.2) is 4.79 Å². The summed E-state index contributed by atoms with van der Waals surface area (Å²) in [5.74, 6) is -2.32. The number of nitrogens with one attached hydrogen (secondary N) is 4. The predicted octanol–water partition coefficient (Wildman–Crippen LogP) is -0.103. The van der Waals surface area contributed by atoms with Crippen molar-refractivity contribution in [3.05, 3.63) is 36.0 Å². The fourth-order valence-corrected chi connectivity index (χ4v) is 3.55. The molecule has 1 aliphatic rings. The number of carboxylic acid groups (broad SMARTS) is 1. The summed E-state index contributed by atoms with van der Waals surface area (Å²) in [4.78, 5) is 39.8. The number of aliphatic hydroxyl groups excluding tert-OH is 1. The third-order valence-corrected chi connectivity index (χ3v) is 5.15. The minimum absolute atomic E-state index is 0.0652. The molecule has 0 bridgehead atoms. The van der Waals surface area contributed by atoms with Gasteiger partial charge in [0.1, 0.15) is 12.1 Å². The maximum atomic E-state index is 12.7. The van der Waals surface area contributed by atoms with Crippen LogP contribution in [0.4, 0.5) is 0 Å². The van der Waals surface area contributed by atoms with E-state index >= 15 is 0 Å². The Kier molecular flexibility index (Phi) is 6.50. The molecule has 1 aliphatic heterocycles. The lowest BCUT2D eigenvalue weighted by molar-refractivity contribution is -0.142. The molecule has 2 heterocycles. The number of aliphatic carboxylic acids is 1. The molecule has 0 radical (unpaired) electrons. The number of aromatic nitrogens is 1. The van der Waals surface area contributed by atoms with E-state index in [1.165, 1.54) is 6.92 Å². The van der Waals surface area contributed by atoms with Gasteiger partial charge in [-0.1, -0.05) is 18.2 Å². The minimum Gasteiger partial charge on any atom is -0.480 e. The van der Waals surface area contributed by atoms with Gasteiger partial charge in [-0.2, -0.15) is 0 Å². The van der Waals surface area contributed by atoms with Gasteiger partial charge in [0.15, 0.2) is 0 Å². The van der Waals surface area contributed by atoms with Gasteiger partial charge in [-0.3, -0.25) is 9.59 Å². The van der Waals surface area contributed by atoms with Gasteiger partial charge in [-0.15, -0.1) is 0 Å². The molecule has 156 valence electrons. The van der Waals surface area contributed by atoms with Gasteiger partial charge in [-0.05, 0) is 37.9 Å². The number of carbonyl (C=O) groups is 3. The molecule has 1 aromatic carbocycles. The number of hydrogen-bond donors (Lipinski definition) is 6. The van der Waals surface area contributed by atoms with Crippen LogP contribution in [0.2, 0.25) is 0 Å². The lowest BCUT2D eigenvalue weighted by Crippen LogP contribution is -2.58. The van der Waals surface area contributed by atoms with Crippen molar-refractivity contribution in [1.82, 2.24) is 20.9 Å². The highest BCUT2D eigenvalue weighted by Gasteiger charge is 2.32. The molecule has 4 unspecified atom stereocenters. The number of H-pyrrole nitrogens is 1. The summed E-state index contributed by atoms with van der Waals surface area (Å²) in [6.45, 7) is 2.09. The molecule has 0 aliphatic carbocycles. The first-order valence-electron chi connectivity index (χ1n) is 9.67. The molecule has 29 heavy (non-hydrogen) atoms. The van der Waals surface area contributed by atoms with E-state index in [1.807, 2.05) is 24.3 Å². The summed E-state index contributed by atoms with van der Waals surface area (Å²) in [5.41, 5.74) is 1.62. The van der Waals surface area contributed by atoms with Crippen molar-refractivity contribution < 1.29 is 24.6 Å². The van der Waals surface area contributed by atoms with Crippen LogP contribution in [-0.4, -0.2) is 63.8 Å². The van der Waals surface area contributed by atoms with Crippen LogP contribution in [0.5, 0.6) is 0 Å². The van der Waals surface area contributed by atoms with Crippen LogP contribution in [0.15, 0.2) is 30.5 Å². The molecule has 1 aromatic heterocycles. The number of benzene rings is 1. The van der Waals surface area contributed by atoms with Crippen molar-refractivity contribution in [3.63, 3.8) is 0 Å². The van der Waals surface area contributed by atoms with Crippen molar-refractivity contribution in [1.29, 1.82) is 0 Å². The van der Waals surface area contributed by atoms with E-state index in [-0.39, 0.29) is 12.3 Å². The number of para-hydroxylation sites is 1. The fourth-order valence-electron chi connectivity index (χ4n) is 3.55. The smallest absolute Gasteiger partial charge is 0.326 e. The molecule has 3 rings (SSSR count). The SMILES string of the molecule is CC(O)C(NC(=O)C1CCCN1)C(=O)NC(Cc1c[nH]c2ccccc12)C(=O)O. The second kappa shape index (κ2) is 9.06. The number of amides is 2. The summed E-state index contributed by atoms with van der Waals surface area (Å²) in [6.07, 6.45) is 2.11. The Morgan fingerprint density at radius 2 is 2.00 bits per heavy atom. The topological polar surface area (TPSA) is 144 Å². The molecule has 1 saturated heterocycles. The van der Waals surface area contributed by atoms with E-state index in [4.69, 9.17) is 0 Å². The highest BCUT2D eigenvalue weighted by molar-refractivity contribution is 5.92. The van der Waals surface area contributed by atoms with Crippen LogP contribution in [0.1, 0.15) is 25.3 Å². The molecule has 2 aromatic rings. The minimum atomic E-state index is -1.24. The quantitative estimate of drug-likeness (QED) is 0.364. The molecule has 0 spiro atoms. The summed E-state index contributed by atoms with van der Waals surface area (Å²) in [5, 5.41) is 28.4. The Labute approximate surface area is 167 Å². The molecular formula is C20H26N4O5. The van der Waals surface area contributed by atoms with Crippen LogP contribution in [0.25, 0.3) is 10.9 Å². The third kappa shape index (κ3) is 4.93. The van der Waals surface area contributed by atoms with Crippen molar-refractivity contribution >= 4 is 28.7 Å². The first-order chi connectivity index (χ1) is 13.9. The van der Waals surface area contributed by atoms with Gasteiger partial charge < -0.3 is 31.1 Å². The van der Waals surface area contributed by atoms with E-state index in [0.717, 1.165) is 29.4 Å². The molecular weight excluding hydrogens is 376 g/mol. The van der Waals surface area contributed by atoms with Gasteiger partial charge in [0.2, 0.25) is 11.8 Å². The number of hydrogen-bond acceptors (Lipinski definition) is 5. The number of aliphatic hydroxyl groups is 1. The Morgan fingerprint density at radius 1 is 1.24 bits per heavy atom. The van der Waals surface area contributed by atoms with Crippen molar-refractivity contribution in [3.8, 4) is 0 Å². The van der Waals surface area contributed by atoms with Gasteiger partial charge >= 0.3 is 5.97 Å². The van der Waals surface area contributed by atoms with E-state index in [1.54, 1.807) is 6.20 Å². The monoisotopic (exact) mass is 402 g/mol. The number of rotatable bonds is 8. The van der Waals surface area contributed by atoms with Gasteiger partial charge in [0.05, 0.1) is 12.1 Å². The van der Waals surface area contributed by atoms with E-state index in [2.05, 4.69) is 20.9 Å². The third-order valence-electron chi connectivity index (χ3n) is 5.15. The highest BCUT2D eigenvalue weighted by Crippen LogP contribution is 2.19. The molecule has 6 N–H and O–H groups in total. The number of fused-ring (bicyclic) bond motifs is 1. The van der Waals surface area contributed by atoms with Crippen molar-refractivity contribution in [2.45, 2.75) is 50.4 Å². The molecule has 4 atom stereocenters. The second-order valence-corrected chi connectivity index (χ2v) is 7.34. The Hall–Kier alpha value is -2.91. The second-order valence-electron chi connectivity index (χ2n) is 7.34. The zero-order valence-corrected chi connectivity index (χ0v) is 16.1. The number of carbonyl (C=O) groups excluding carboxylic acids is 2.